The summed E-state index contributed by atoms with van der Waals surface area (Å²) in [4.78, 5) is 3.12. The lowest BCUT2D eigenvalue weighted by Crippen LogP contribution is -2.33. The highest BCUT2D eigenvalue weighted by Crippen LogP contribution is 2.46. The van der Waals surface area contributed by atoms with E-state index in [9.17, 15) is 16.8 Å². The van der Waals surface area contributed by atoms with Crippen LogP contribution in [0.15, 0.2) is 66.7 Å². The first-order valence-electron chi connectivity index (χ1n) is 14.3. The number of ether oxygens (including phenoxy) is 2. The van der Waals surface area contributed by atoms with Crippen LogP contribution >= 0.6 is 11.3 Å². The molecule has 0 unspecified atom stereocenters. The molecule has 4 aromatic rings. The molecule has 0 saturated carbocycles. The van der Waals surface area contributed by atoms with Crippen molar-refractivity contribution in [3.05, 3.63) is 66.7 Å². The Hall–Kier alpha value is -3.32. The summed E-state index contributed by atoms with van der Waals surface area (Å²) >= 11 is 1.45. The lowest BCUT2D eigenvalue weighted by molar-refractivity contribution is 0.183. The van der Waals surface area contributed by atoms with Crippen LogP contribution < -0.4 is 17.8 Å². The maximum atomic E-state index is 12.5. The summed E-state index contributed by atoms with van der Waals surface area (Å²) < 4.78 is 74.0. The number of thiophene rings is 1. The normalized spacial score (nSPS) is 14.5. The Morgan fingerprint density at radius 1 is 0.744 bits per heavy atom. The Morgan fingerprint density at radius 2 is 1.40 bits per heavy atom. The Morgan fingerprint density at radius 3 is 2.07 bits per heavy atom. The van der Waals surface area contributed by atoms with E-state index >= 15 is 0 Å². The van der Waals surface area contributed by atoms with Gasteiger partial charge in [-0.1, -0.05) is 24.6 Å². The highest BCUT2D eigenvalue weighted by atomic mass is 32.2. The third-order valence-corrected chi connectivity index (χ3v) is 10.5. The second-order valence-electron chi connectivity index (χ2n) is 10.1. The van der Waals surface area contributed by atoms with Crippen LogP contribution in [0.25, 0.3) is 20.5 Å². The van der Waals surface area contributed by atoms with Gasteiger partial charge in [-0.05, 0) is 87.6 Å². The number of benzene rings is 3. The fourth-order valence-corrected chi connectivity index (χ4v) is 6.79. The molecule has 0 atom stereocenters. The number of likely N-dealkylation sites (tertiary alicyclic amines) is 1. The first-order chi connectivity index (χ1) is 20.6. The van der Waals surface area contributed by atoms with Crippen molar-refractivity contribution in [1.82, 2.24) is 4.90 Å². The van der Waals surface area contributed by atoms with E-state index in [1.54, 1.807) is 30.3 Å². The Labute approximate surface area is 257 Å². The monoisotopic (exact) mass is 645 g/mol. The van der Waals surface area contributed by atoms with Crippen molar-refractivity contribution in [1.29, 1.82) is 0 Å². The molecule has 0 amide bonds. The molecule has 1 aliphatic heterocycles. The average Bonchev–Trinajstić information content (AvgIpc) is 3.44. The van der Waals surface area contributed by atoms with Gasteiger partial charge in [0.15, 0.2) is 17.2 Å². The predicted molar refractivity (Wildman–Crippen MR) is 170 cm³/mol. The summed E-state index contributed by atoms with van der Waals surface area (Å²) in [5, 5.41) is 0.971. The van der Waals surface area contributed by atoms with Gasteiger partial charge in [-0.15, -0.1) is 11.3 Å². The molecule has 5 rings (SSSR count). The van der Waals surface area contributed by atoms with Crippen molar-refractivity contribution < 1.29 is 34.7 Å². The predicted octanol–water partition coefficient (Wildman–Crippen LogP) is 6.68. The quantitative estimate of drug-likeness (QED) is 0.147. The fourth-order valence-electron chi connectivity index (χ4n) is 4.66. The summed E-state index contributed by atoms with van der Waals surface area (Å²) in [5.74, 6) is 0.386. The summed E-state index contributed by atoms with van der Waals surface area (Å²) in [7, 11) is -7.93. The van der Waals surface area contributed by atoms with Gasteiger partial charge in [0.1, 0.15) is 18.1 Å². The number of fused-ring (bicyclic) bond motifs is 1. The molecule has 1 fully saturated rings. The van der Waals surface area contributed by atoms with Gasteiger partial charge in [0.05, 0.1) is 11.5 Å². The molecule has 43 heavy (non-hydrogen) atoms. The largest absolute Gasteiger partial charge is 0.492 e. The third kappa shape index (κ3) is 8.20. The van der Waals surface area contributed by atoms with Crippen molar-refractivity contribution >= 4 is 41.7 Å². The van der Waals surface area contributed by atoms with E-state index < -0.39 is 20.2 Å². The Balaban J connectivity index is 1.47. The van der Waals surface area contributed by atoms with Crippen LogP contribution in [0.5, 0.6) is 28.7 Å². The van der Waals surface area contributed by atoms with Crippen LogP contribution in [0, 0.1) is 0 Å². The summed E-state index contributed by atoms with van der Waals surface area (Å²) in [5.41, 5.74) is 0.423. The minimum atomic E-state index is -3.98. The SMILES string of the molecule is CCS(=O)(=O)Oc1cc(OS(=O)(=O)CC)c(-c2cc3ccccc3s2)cc1Oc1ccc(OCCN2CCCCC2)cc1. The molecule has 1 aromatic heterocycles. The van der Waals surface area contributed by atoms with Crippen LogP contribution in [0.4, 0.5) is 0 Å². The van der Waals surface area contributed by atoms with Crippen LogP contribution in [-0.4, -0.2) is 59.5 Å². The van der Waals surface area contributed by atoms with Crippen LogP contribution in [0.3, 0.4) is 0 Å². The molecule has 3 aromatic carbocycles. The molecule has 1 saturated heterocycles. The van der Waals surface area contributed by atoms with Gasteiger partial charge in [0, 0.05) is 27.8 Å². The topological polar surface area (TPSA) is 108 Å². The molecule has 0 radical (unpaired) electrons. The first kappa shape index (κ1) is 31.1. The summed E-state index contributed by atoms with van der Waals surface area (Å²) in [6.45, 7) is 6.57. The molecule has 0 spiro atoms. The molecule has 230 valence electrons. The summed E-state index contributed by atoms with van der Waals surface area (Å²) in [6.07, 6.45) is 3.74. The first-order valence-corrected chi connectivity index (χ1v) is 18.3. The number of piperidine rings is 1. The number of hydrogen-bond acceptors (Lipinski definition) is 10. The zero-order valence-electron chi connectivity index (χ0n) is 24.2. The molecular formula is C31H35NO8S3. The highest BCUT2D eigenvalue weighted by Gasteiger charge is 2.24. The molecule has 0 bridgehead atoms. The maximum absolute atomic E-state index is 12.5. The highest BCUT2D eigenvalue weighted by molar-refractivity contribution is 7.87. The zero-order valence-corrected chi connectivity index (χ0v) is 26.6. The minimum absolute atomic E-state index is 0.0560. The van der Waals surface area contributed by atoms with Gasteiger partial charge in [-0.3, -0.25) is 4.90 Å². The molecular weight excluding hydrogens is 611 g/mol. The number of rotatable bonds is 13. The van der Waals surface area contributed by atoms with Gasteiger partial charge in [-0.25, -0.2) is 0 Å². The van der Waals surface area contributed by atoms with Gasteiger partial charge in [0.25, 0.3) is 0 Å². The van der Waals surface area contributed by atoms with Crippen molar-refractivity contribution in [2.75, 3.05) is 37.7 Å². The van der Waals surface area contributed by atoms with Crippen LogP contribution in [-0.2, 0) is 20.2 Å². The Kier molecular flexibility index (Phi) is 9.80. The lowest BCUT2D eigenvalue weighted by atomic mass is 10.1. The van der Waals surface area contributed by atoms with Gasteiger partial charge in [0.2, 0.25) is 0 Å². The Bertz CT molecular complexity index is 1730. The van der Waals surface area contributed by atoms with E-state index in [0.717, 1.165) is 34.6 Å². The van der Waals surface area contributed by atoms with E-state index in [1.807, 2.05) is 30.3 Å². The zero-order chi connectivity index (χ0) is 30.5. The van der Waals surface area contributed by atoms with E-state index in [1.165, 1.54) is 50.5 Å². The van der Waals surface area contributed by atoms with Crippen molar-refractivity contribution in [2.24, 2.45) is 0 Å². The van der Waals surface area contributed by atoms with Gasteiger partial charge >= 0.3 is 20.2 Å². The standard InChI is InChI=1S/C31H35NO8S3/c1-3-42(33,34)39-27-22-29(40-43(35,36)4-2)28(21-26(27)31-20-23-10-6-7-11-30(23)41-31)38-25-14-12-24(13-15-25)37-19-18-32-16-8-5-9-17-32/h6-7,10-15,20-22H,3-5,8-9,16-19H2,1-2H3. The minimum Gasteiger partial charge on any atom is -0.492 e. The molecule has 0 aliphatic carbocycles. The second kappa shape index (κ2) is 13.5. The molecule has 0 N–H and O–H groups in total. The molecule has 2 heterocycles. The fraction of sp³-hybridized carbons (Fsp3) is 0.355. The van der Waals surface area contributed by atoms with E-state index in [0.29, 0.717) is 23.7 Å². The molecule has 1 aliphatic rings. The van der Waals surface area contributed by atoms with Gasteiger partial charge < -0.3 is 17.8 Å². The number of nitrogens with zero attached hydrogens (tertiary/aromatic N) is 1. The van der Waals surface area contributed by atoms with E-state index in [4.69, 9.17) is 17.8 Å². The summed E-state index contributed by atoms with van der Waals surface area (Å²) in [6, 6.07) is 19.5. The smallest absolute Gasteiger partial charge is 0.309 e. The van der Waals surface area contributed by atoms with Crippen molar-refractivity contribution in [3.8, 4) is 39.2 Å². The van der Waals surface area contributed by atoms with E-state index in [2.05, 4.69) is 4.90 Å². The van der Waals surface area contributed by atoms with E-state index in [-0.39, 0.29) is 28.8 Å². The third-order valence-electron chi connectivity index (χ3n) is 7.05. The lowest BCUT2D eigenvalue weighted by Gasteiger charge is -2.26. The van der Waals surface area contributed by atoms with Crippen LogP contribution in [0.2, 0.25) is 0 Å². The molecule has 9 nitrogen and oxygen atoms in total. The van der Waals surface area contributed by atoms with Crippen molar-refractivity contribution in [2.45, 2.75) is 33.1 Å². The molecule has 12 heteroatoms. The number of hydrogen-bond donors (Lipinski definition) is 0. The van der Waals surface area contributed by atoms with Crippen LogP contribution in [0.1, 0.15) is 33.1 Å². The second-order valence-corrected chi connectivity index (χ2v) is 14.9. The van der Waals surface area contributed by atoms with Gasteiger partial charge in [-0.2, -0.15) is 16.8 Å². The van der Waals surface area contributed by atoms with Crippen molar-refractivity contribution in [3.63, 3.8) is 0 Å². The average molecular weight is 646 g/mol. The maximum Gasteiger partial charge on any atom is 0.309 e.